The highest BCUT2D eigenvalue weighted by atomic mass is 16.5. The third-order valence-corrected chi connectivity index (χ3v) is 4.85. The molecule has 0 aliphatic heterocycles. The lowest BCUT2D eigenvalue weighted by atomic mass is 10.2. The van der Waals surface area contributed by atoms with Crippen molar-refractivity contribution in [2.75, 3.05) is 0 Å². The molecule has 138 valence electrons. The van der Waals surface area contributed by atoms with Gasteiger partial charge in [-0.1, -0.05) is 17.8 Å². The van der Waals surface area contributed by atoms with E-state index in [0.717, 1.165) is 40.3 Å². The highest BCUT2D eigenvalue weighted by Gasteiger charge is 2.16. The molecule has 0 spiro atoms. The zero-order chi connectivity index (χ0) is 18.6. The molecule has 2 aromatic heterocycles. The second kappa shape index (κ2) is 7.66. The normalized spacial score (nSPS) is 16.2. The van der Waals surface area contributed by atoms with Crippen molar-refractivity contribution in [2.24, 2.45) is 0 Å². The van der Waals surface area contributed by atoms with Gasteiger partial charge in [-0.05, 0) is 74.2 Å². The molecule has 0 saturated heterocycles. The van der Waals surface area contributed by atoms with E-state index in [4.69, 9.17) is 9.26 Å². The first kappa shape index (κ1) is 17.3. The molecule has 1 aliphatic rings. The average molecular weight is 361 g/mol. The van der Waals surface area contributed by atoms with Crippen LogP contribution in [-0.2, 0) is 0 Å². The quantitative estimate of drug-likeness (QED) is 0.753. The first-order chi connectivity index (χ1) is 13.2. The van der Waals surface area contributed by atoms with Crippen molar-refractivity contribution < 1.29 is 9.26 Å². The summed E-state index contributed by atoms with van der Waals surface area (Å²) >= 11 is 0. The smallest absolute Gasteiger partial charge is 0.253 e. The fourth-order valence-corrected chi connectivity index (χ4v) is 3.23. The van der Waals surface area contributed by atoms with Gasteiger partial charge in [0.05, 0.1) is 6.10 Å². The highest BCUT2D eigenvalue weighted by molar-refractivity contribution is 5.65. The third-order valence-electron chi connectivity index (χ3n) is 4.85. The first-order valence-electron chi connectivity index (χ1n) is 9.31. The van der Waals surface area contributed by atoms with E-state index in [1.54, 1.807) is 0 Å². The standard InChI is InChI=1S/C22H23N3O2/c1-15-13-14-23-20(15)12-7-16(2)22-24-21(25-27-22)17-8-10-19(11-9-17)26-18-5-3-4-6-18/h7-14,18,23H,1,3-6H2,2H3/b16-7+,20-12+. The maximum absolute atomic E-state index is 6.00. The van der Waals surface area contributed by atoms with Gasteiger partial charge in [-0.15, -0.1) is 0 Å². The van der Waals surface area contributed by atoms with Crippen LogP contribution in [0.25, 0.3) is 29.6 Å². The van der Waals surface area contributed by atoms with Crippen LogP contribution in [0.15, 0.2) is 47.1 Å². The second-order valence-corrected chi connectivity index (χ2v) is 6.90. The highest BCUT2D eigenvalue weighted by Crippen LogP contribution is 2.26. The van der Waals surface area contributed by atoms with Gasteiger partial charge in [-0.2, -0.15) is 4.98 Å². The van der Waals surface area contributed by atoms with Gasteiger partial charge in [0.1, 0.15) is 5.75 Å². The zero-order valence-corrected chi connectivity index (χ0v) is 15.4. The predicted octanol–water partition coefficient (Wildman–Crippen LogP) is 3.68. The van der Waals surface area contributed by atoms with Crippen LogP contribution >= 0.6 is 0 Å². The summed E-state index contributed by atoms with van der Waals surface area (Å²) in [5.74, 6) is 1.97. The number of benzene rings is 1. The van der Waals surface area contributed by atoms with Crippen molar-refractivity contribution in [3.63, 3.8) is 0 Å². The van der Waals surface area contributed by atoms with E-state index in [2.05, 4.69) is 21.7 Å². The molecule has 5 nitrogen and oxygen atoms in total. The molecule has 27 heavy (non-hydrogen) atoms. The molecule has 0 atom stereocenters. The topological polar surface area (TPSA) is 63.9 Å². The number of allylic oxidation sites excluding steroid dienone is 2. The summed E-state index contributed by atoms with van der Waals surface area (Å²) in [5, 5.41) is 6.02. The Bertz CT molecular complexity index is 1040. The van der Waals surface area contributed by atoms with Crippen molar-refractivity contribution >= 4 is 18.2 Å². The second-order valence-electron chi connectivity index (χ2n) is 6.90. The van der Waals surface area contributed by atoms with Crippen LogP contribution in [0.3, 0.4) is 0 Å². The summed E-state index contributed by atoms with van der Waals surface area (Å²) < 4.78 is 11.4. The monoisotopic (exact) mass is 361 g/mol. The lowest BCUT2D eigenvalue weighted by molar-refractivity contribution is 0.210. The van der Waals surface area contributed by atoms with Gasteiger partial charge >= 0.3 is 0 Å². The van der Waals surface area contributed by atoms with Crippen LogP contribution in [0.2, 0.25) is 0 Å². The molecule has 0 amide bonds. The van der Waals surface area contributed by atoms with E-state index in [0.29, 0.717) is 17.8 Å². The summed E-state index contributed by atoms with van der Waals surface area (Å²) in [5.41, 5.74) is 1.80. The lowest BCUT2D eigenvalue weighted by Gasteiger charge is -2.12. The van der Waals surface area contributed by atoms with Gasteiger partial charge in [0, 0.05) is 22.7 Å². The first-order valence-corrected chi connectivity index (χ1v) is 9.31. The van der Waals surface area contributed by atoms with Crippen molar-refractivity contribution in [1.29, 1.82) is 0 Å². The van der Waals surface area contributed by atoms with E-state index < -0.39 is 0 Å². The van der Waals surface area contributed by atoms with Crippen LogP contribution in [0.4, 0.5) is 0 Å². The number of hydrogen-bond donors (Lipinski definition) is 1. The van der Waals surface area contributed by atoms with Gasteiger partial charge in [-0.25, -0.2) is 0 Å². The van der Waals surface area contributed by atoms with Gasteiger partial charge in [0.2, 0.25) is 5.82 Å². The number of hydrogen-bond acceptors (Lipinski definition) is 4. The van der Waals surface area contributed by atoms with Crippen molar-refractivity contribution in [3.8, 4) is 17.1 Å². The SMILES string of the molecule is C=c1cc[nH]/c1=C/C=C(\C)c1nc(-c2ccc(OC3CCCC3)cc2)no1. The third kappa shape index (κ3) is 4.03. The molecule has 1 saturated carbocycles. The van der Waals surface area contributed by atoms with E-state index in [1.165, 1.54) is 12.8 Å². The molecule has 1 aliphatic carbocycles. The summed E-state index contributed by atoms with van der Waals surface area (Å²) in [6.45, 7) is 5.90. The molecule has 1 aromatic carbocycles. The number of ether oxygens (including phenoxy) is 1. The Balaban J connectivity index is 1.48. The van der Waals surface area contributed by atoms with Crippen molar-refractivity contribution in [2.45, 2.75) is 38.7 Å². The molecular formula is C22H23N3O2. The molecule has 5 heteroatoms. The number of aromatic nitrogens is 3. The average Bonchev–Trinajstić information content (AvgIpc) is 3.43. The van der Waals surface area contributed by atoms with E-state index in [-0.39, 0.29) is 0 Å². The zero-order valence-electron chi connectivity index (χ0n) is 15.4. The van der Waals surface area contributed by atoms with Crippen LogP contribution in [-0.4, -0.2) is 21.2 Å². The van der Waals surface area contributed by atoms with E-state index in [9.17, 15) is 0 Å². The Kier molecular flexibility index (Phi) is 4.92. The maximum Gasteiger partial charge on any atom is 0.253 e. The largest absolute Gasteiger partial charge is 0.490 e. The lowest BCUT2D eigenvalue weighted by Crippen LogP contribution is -2.19. The van der Waals surface area contributed by atoms with Crippen molar-refractivity contribution in [3.05, 3.63) is 59.1 Å². The molecule has 0 radical (unpaired) electrons. The molecular weight excluding hydrogens is 338 g/mol. The summed E-state index contributed by atoms with van der Waals surface area (Å²) in [6, 6.07) is 9.82. The number of nitrogens with zero attached hydrogens (tertiary/aromatic N) is 2. The van der Waals surface area contributed by atoms with Crippen LogP contribution in [0.1, 0.15) is 38.5 Å². The van der Waals surface area contributed by atoms with Crippen LogP contribution < -0.4 is 15.3 Å². The molecule has 4 rings (SSSR count). The number of H-pyrrole nitrogens is 1. The Labute approximate surface area is 158 Å². The Morgan fingerprint density at radius 2 is 2.00 bits per heavy atom. The fraction of sp³-hybridized carbons (Fsp3) is 0.273. The van der Waals surface area contributed by atoms with E-state index >= 15 is 0 Å². The van der Waals surface area contributed by atoms with Gasteiger partial charge < -0.3 is 14.2 Å². The minimum atomic E-state index is 0.357. The minimum Gasteiger partial charge on any atom is -0.490 e. The van der Waals surface area contributed by atoms with Gasteiger partial charge in [0.15, 0.2) is 0 Å². The minimum absolute atomic E-state index is 0.357. The molecule has 3 aromatic rings. The fourth-order valence-electron chi connectivity index (χ4n) is 3.23. The maximum atomic E-state index is 6.00. The Morgan fingerprint density at radius 3 is 2.70 bits per heavy atom. The molecule has 2 heterocycles. The summed E-state index contributed by atoms with van der Waals surface area (Å²) in [4.78, 5) is 7.64. The van der Waals surface area contributed by atoms with Gasteiger partial charge in [0.25, 0.3) is 5.89 Å². The summed E-state index contributed by atoms with van der Waals surface area (Å²) in [7, 11) is 0. The number of nitrogens with one attached hydrogen (secondary N) is 1. The van der Waals surface area contributed by atoms with Crippen molar-refractivity contribution in [1.82, 2.24) is 15.1 Å². The number of rotatable bonds is 5. The Morgan fingerprint density at radius 1 is 1.22 bits per heavy atom. The predicted molar refractivity (Wildman–Crippen MR) is 106 cm³/mol. The molecule has 0 unspecified atom stereocenters. The van der Waals surface area contributed by atoms with Crippen LogP contribution in [0, 0.1) is 0 Å². The number of aromatic amines is 1. The molecule has 1 N–H and O–H groups in total. The van der Waals surface area contributed by atoms with Crippen LogP contribution in [0.5, 0.6) is 5.75 Å². The molecule has 0 bridgehead atoms. The Hall–Kier alpha value is -3.08. The van der Waals surface area contributed by atoms with Gasteiger partial charge in [-0.3, -0.25) is 0 Å². The molecule has 1 fully saturated rings. The van der Waals surface area contributed by atoms with E-state index in [1.807, 2.05) is 55.6 Å². The summed E-state index contributed by atoms with van der Waals surface area (Å²) in [6.07, 6.45) is 10.9.